The molecule has 0 radical (unpaired) electrons. The van der Waals surface area contributed by atoms with Gasteiger partial charge in [-0.2, -0.15) is 0 Å². The lowest BCUT2D eigenvalue weighted by atomic mass is 9.99. The van der Waals surface area contributed by atoms with Gasteiger partial charge in [0.05, 0.1) is 5.75 Å². The summed E-state index contributed by atoms with van der Waals surface area (Å²) in [6.07, 6.45) is 8.13. The van der Waals surface area contributed by atoms with E-state index in [-0.39, 0.29) is 11.8 Å². The van der Waals surface area contributed by atoms with E-state index in [1.54, 1.807) is 0 Å². The lowest BCUT2D eigenvalue weighted by Crippen LogP contribution is -2.42. The number of aromatic nitrogens is 2. The van der Waals surface area contributed by atoms with Crippen LogP contribution in [0, 0.1) is 18.8 Å². The molecule has 2 aliphatic rings. The fourth-order valence-electron chi connectivity index (χ4n) is 3.89. The van der Waals surface area contributed by atoms with Crippen molar-refractivity contribution in [1.29, 1.82) is 0 Å². The zero-order valence-electron chi connectivity index (χ0n) is 14.8. The molecular formula is C17H30N4O2S. The number of hydrogen-bond acceptors (Lipinski definition) is 4. The van der Waals surface area contributed by atoms with E-state index in [9.17, 15) is 8.42 Å². The quantitative estimate of drug-likeness (QED) is 0.732. The minimum absolute atomic E-state index is 0.101. The van der Waals surface area contributed by atoms with E-state index in [0.717, 1.165) is 44.3 Å². The fourth-order valence-corrected chi connectivity index (χ4v) is 5.25. The van der Waals surface area contributed by atoms with Gasteiger partial charge >= 0.3 is 0 Å². The number of nitrogens with one attached hydrogen (secondary N) is 1. The van der Waals surface area contributed by atoms with Crippen molar-refractivity contribution in [3.05, 3.63) is 18.2 Å². The summed E-state index contributed by atoms with van der Waals surface area (Å²) >= 11 is 0. The molecule has 1 saturated heterocycles. The Hall–Kier alpha value is -0.920. The fraction of sp³-hybridized carbons (Fsp3) is 0.824. The Labute approximate surface area is 145 Å². The largest absolute Gasteiger partial charge is 0.335 e. The monoisotopic (exact) mass is 354 g/mol. The lowest BCUT2D eigenvalue weighted by molar-refractivity contribution is 0.305. The number of imidazole rings is 1. The zero-order chi connectivity index (χ0) is 17.2. The third kappa shape index (κ3) is 4.58. The molecule has 0 unspecified atom stereocenters. The molecule has 7 heteroatoms. The summed E-state index contributed by atoms with van der Waals surface area (Å²) in [6.45, 7) is 7.82. The van der Waals surface area contributed by atoms with Crippen molar-refractivity contribution in [3.63, 3.8) is 0 Å². The molecule has 3 rings (SSSR count). The number of rotatable bonds is 9. The third-order valence-corrected chi connectivity index (χ3v) is 6.88. The summed E-state index contributed by atoms with van der Waals surface area (Å²) in [4.78, 5) is 6.69. The predicted molar refractivity (Wildman–Crippen MR) is 95.2 cm³/mol. The van der Waals surface area contributed by atoms with Crippen molar-refractivity contribution >= 4 is 10.0 Å². The Morgan fingerprint density at radius 3 is 2.71 bits per heavy atom. The molecule has 1 N–H and O–H groups in total. The van der Waals surface area contributed by atoms with Crippen LogP contribution in [0.3, 0.4) is 0 Å². The Balaban J connectivity index is 1.52. The molecule has 6 nitrogen and oxygen atoms in total. The Bertz CT molecular complexity index is 639. The van der Waals surface area contributed by atoms with E-state index in [1.165, 1.54) is 12.8 Å². The molecule has 1 saturated carbocycles. The van der Waals surface area contributed by atoms with Gasteiger partial charge in [0.15, 0.2) is 0 Å². The SMILES string of the molecule is CCCS(=O)(=O)N[C@H]1CN(CCCn2ccnc2C)C[C@@H]1C1CC1. The Morgan fingerprint density at radius 1 is 1.29 bits per heavy atom. The first-order valence-electron chi connectivity index (χ1n) is 9.18. The van der Waals surface area contributed by atoms with Gasteiger partial charge in [-0.15, -0.1) is 0 Å². The van der Waals surface area contributed by atoms with Gasteiger partial charge in [-0.25, -0.2) is 18.1 Å². The highest BCUT2D eigenvalue weighted by Gasteiger charge is 2.43. The van der Waals surface area contributed by atoms with E-state index < -0.39 is 10.0 Å². The summed E-state index contributed by atoms with van der Waals surface area (Å²) in [5.74, 6) is 2.50. The summed E-state index contributed by atoms with van der Waals surface area (Å²) in [6, 6.07) is 0.101. The van der Waals surface area contributed by atoms with Crippen molar-refractivity contribution in [2.24, 2.45) is 11.8 Å². The van der Waals surface area contributed by atoms with E-state index in [1.807, 2.05) is 26.2 Å². The molecule has 0 amide bonds. The Kier molecular flexibility index (Phi) is 5.62. The second kappa shape index (κ2) is 7.54. The normalized spacial score (nSPS) is 25.4. The van der Waals surface area contributed by atoms with Gasteiger partial charge in [-0.1, -0.05) is 6.92 Å². The molecule has 1 aliphatic heterocycles. The first kappa shape index (κ1) is 17.9. The molecule has 0 aromatic carbocycles. The summed E-state index contributed by atoms with van der Waals surface area (Å²) < 4.78 is 29.5. The molecule has 0 bridgehead atoms. The molecule has 2 heterocycles. The molecule has 0 spiro atoms. The molecule has 1 aliphatic carbocycles. The number of nitrogens with zero attached hydrogens (tertiary/aromatic N) is 3. The second-order valence-electron chi connectivity index (χ2n) is 7.33. The topological polar surface area (TPSA) is 67.2 Å². The van der Waals surface area contributed by atoms with E-state index in [2.05, 4.69) is 19.2 Å². The minimum Gasteiger partial charge on any atom is -0.335 e. The standard InChI is InChI=1S/C17H30N4O2S/c1-3-11-24(22,23)19-17-13-20(12-16(17)15-5-6-15)8-4-9-21-10-7-18-14(21)2/h7,10,15-17,19H,3-6,8-9,11-13H2,1-2H3/t16-,17+/m1/s1. The molecule has 136 valence electrons. The molecule has 1 aromatic rings. The van der Waals surface area contributed by atoms with Gasteiger partial charge in [0.1, 0.15) is 5.82 Å². The zero-order valence-corrected chi connectivity index (χ0v) is 15.6. The van der Waals surface area contributed by atoms with Crippen LogP contribution in [0.5, 0.6) is 0 Å². The van der Waals surface area contributed by atoms with E-state index >= 15 is 0 Å². The van der Waals surface area contributed by atoms with E-state index in [0.29, 0.717) is 12.3 Å². The maximum absolute atomic E-state index is 12.1. The van der Waals surface area contributed by atoms with Crippen molar-refractivity contribution in [2.45, 2.75) is 52.1 Å². The Morgan fingerprint density at radius 2 is 2.08 bits per heavy atom. The lowest BCUT2D eigenvalue weighted by Gasteiger charge is -2.19. The molecule has 2 atom stereocenters. The number of sulfonamides is 1. The summed E-state index contributed by atoms with van der Waals surface area (Å²) in [5, 5.41) is 0. The highest BCUT2D eigenvalue weighted by molar-refractivity contribution is 7.89. The van der Waals surface area contributed by atoms with Crippen LogP contribution < -0.4 is 4.72 Å². The van der Waals surface area contributed by atoms with Crippen molar-refractivity contribution < 1.29 is 8.42 Å². The molecule has 24 heavy (non-hydrogen) atoms. The van der Waals surface area contributed by atoms with Crippen LogP contribution in [0.15, 0.2) is 12.4 Å². The van der Waals surface area contributed by atoms with Crippen LogP contribution in [-0.2, 0) is 16.6 Å². The van der Waals surface area contributed by atoms with Gasteiger partial charge in [-0.3, -0.25) is 0 Å². The number of aryl methyl sites for hydroxylation is 2. The van der Waals surface area contributed by atoms with E-state index in [4.69, 9.17) is 0 Å². The third-order valence-electron chi connectivity index (χ3n) is 5.27. The summed E-state index contributed by atoms with van der Waals surface area (Å²) in [7, 11) is -3.13. The minimum atomic E-state index is -3.13. The maximum atomic E-state index is 12.1. The van der Waals surface area contributed by atoms with Crippen molar-refractivity contribution in [2.75, 3.05) is 25.4 Å². The van der Waals surface area contributed by atoms with Crippen LogP contribution in [0.4, 0.5) is 0 Å². The smallest absolute Gasteiger partial charge is 0.211 e. The van der Waals surface area contributed by atoms with Gasteiger partial charge in [0.25, 0.3) is 0 Å². The second-order valence-corrected chi connectivity index (χ2v) is 9.20. The highest BCUT2D eigenvalue weighted by atomic mass is 32.2. The highest BCUT2D eigenvalue weighted by Crippen LogP contribution is 2.41. The number of likely N-dealkylation sites (tertiary alicyclic amines) is 1. The maximum Gasteiger partial charge on any atom is 0.211 e. The van der Waals surface area contributed by atoms with Gasteiger partial charge in [-0.05, 0) is 51.0 Å². The summed E-state index contributed by atoms with van der Waals surface area (Å²) in [5.41, 5.74) is 0. The predicted octanol–water partition coefficient (Wildman–Crippen LogP) is 1.62. The molecule has 2 fully saturated rings. The van der Waals surface area contributed by atoms with Crippen LogP contribution in [0.25, 0.3) is 0 Å². The van der Waals surface area contributed by atoms with Crippen LogP contribution in [0.2, 0.25) is 0 Å². The van der Waals surface area contributed by atoms with Gasteiger partial charge in [0.2, 0.25) is 10.0 Å². The van der Waals surface area contributed by atoms with Crippen molar-refractivity contribution in [1.82, 2.24) is 19.2 Å². The van der Waals surface area contributed by atoms with Crippen LogP contribution >= 0.6 is 0 Å². The average Bonchev–Trinajstić information content (AvgIpc) is 3.16. The van der Waals surface area contributed by atoms with Gasteiger partial charge < -0.3 is 9.47 Å². The first-order valence-corrected chi connectivity index (χ1v) is 10.8. The molecule has 1 aromatic heterocycles. The number of hydrogen-bond donors (Lipinski definition) is 1. The van der Waals surface area contributed by atoms with Crippen LogP contribution in [0.1, 0.15) is 38.4 Å². The first-order chi connectivity index (χ1) is 11.5. The van der Waals surface area contributed by atoms with Crippen LogP contribution in [-0.4, -0.2) is 54.3 Å². The molecular weight excluding hydrogens is 324 g/mol. The average molecular weight is 355 g/mol. The van der Waals surface area contributed by atoms with Gasteiger partial charge in [0, 0.05) is 38.1 Å². The van der Waals surface area contributed by atoms with Crippen molar-refractivity contribution in [3.8, 4) is 0 Å².